The molecule has 0 bridgehead atoms. The SMILES string of the molecule is c1ccc(N(c2cc(N(c3ccccc3)c3ccc4c(c3)c3ccccc3n4-c3ccc4ccccc4c3)c3c(ccc4ccccc43)c2)c2ccc3c(c2)c2ccccc2n3-c2ccc3ccccc3c2)cc1. The molecule has 0 spiro atoms. The molecule has 0 N–H and O–H groups in total. The molecule has 0 fully saturated rings. The van der Waals surface area contributed by atoms with E-state index in [4.69, 9.17) is 0 Å². The van der Waals surface area contributed by atoms with E-state index in [1.807, 2.05) is 0 Å². The molecule has 74 heavy (non-hydrogen) atoms. The summed E-state index contributed by atoms with van der Waals surface area (Å²) in [6.45, 7) is 0. The number of para-hydroxylation sites is 4. The second-order valence-electron chi connectivity index (χ2n) is 19.4. The molecule has 346 valence electrons. The summed E-state index contributed by atoms with van der Waals surface area (Å²) in [5, 5.41) is 14.5. The molecule has 0 aliphatic rings. The van der Waals surface area contributed by atoms with Crippen LogP contribution in [0.1, 0.15) is 0 Å². The zero-order chi connectivity index (χ0) is 48.7. The predicted molar refractivity (Wildman–Crippen MR) is 315 cm³/mol. The Hall–Kier alpha value is -9.90. The summed E-state index contributed by atoms with van der Waals surface area (Å²) < 4.78 is 4.84. The lowest BCUT2D eigenvalue weighted by molar-refractivity contribution is 1.18. The molecule has 4 heteroatoms. The van der Waals surface area contributed by atoms with Crippen LogP contribution in [-0.4, -0.2) is 9.13 Å². The van der Waals surface area contributed by atoms with Gasteiger partial charge < -0.3 is 18.9 Å². The van der Waals surface area contributed by atoms with Gasteiger partial charge in [-0.1, -0.05) is 170 Å². The van der Waals surface area contributed by atoms with E-state index >= 15 is 0 Å². The lowest BCUT2D eigenvalue weighted by Crippen LogP contribution is -2.14. The number of nitrogens with zero attached hydrogens (tertiary/aromatic N) is 4. The Morgan fingerprint density at radius 1 is 0.216 bits per heavy atom. The number of rotatable bonds is 8. The van der Waals surface area contributed by atoms with Crippen molar-refractivity contribution in [2.75, 3.05) is 9.80 Å². The smallest absolute Gasteiger partial charge is 0.0567 e. The van der Waals surface area contributed by atoms with E-state index in [1.54, 1.807) is 0 Å². The van der Waals surface area contributed by atoms with Crippen LogP contribution in [-0.2, 0) is 0 Å². The first-order chi connectivity index (χ1) is 36.7. The quantitative estimate of drug-likeness (QED) is 0.141. The maximum atomic E-state index is 2.48. The van der Waals surface area contributed by atoms with E-state index in [1.165, 1.54) is 70.3 Å². The van der Waals surface area contributed by atoms with Crippen molar-refractivity contribution >= 4 is 121 Å². The summed E-state index contributed by atoms with van der Waals surface area (Å²) in [4.78, 5) is 4.91. The van der Waals surface area contributed by atoms with Gasteiger partial charge in [-0.3, -0.25) is 0 Å². The highest BCUT2D eigenvalue weighted by Crippen LogP contribution is 2.48. The number of aromatic nitrogens is 2. The molecule has 15 rings (SSSR count). The molecule has 0 aliphatic heterocycles. The number of anilines is 6. The second-order valence-corrected chi connectivity index (χ2v) is 19.4. The van der Waals surface area contributed by atoms with Crippen molar-refractivity contribution in [1.29, 1.82) is 0 Å². The van der Waals surface area contributed by atoms with Gasteiger partial charge in [0.2, 0.25) is 0 Å². The number of hydrogen-bond acceptors (Lipinski definition) is 2. The van der Waals surface area contributed by atoms with Gasteiger partial charge in [0.1, 0.15) is 0 Å². The third-order valence-electron chi connectivity index (χ3n) is 15.1. The lowest BCUT2D eigenvalue weighted by atomic mass is 9.97. The van der Waals surface area contributed by atoms with Crippen molar-refractivity contribution in [1.82, 2.24) is 9.13 Å². The maximum absolute atomic E-state index is 2.48. The van der Waals surface area contributed by atoms with E-state index in [0.717, 1.165) is 61.9 Å². The van der Waals surface area contributed by atoms with Gasteiger partial charge in [0.05, 0.1) is 27.8 Å². The Kier molecular flexibility index (Phi) is 9.54. The van der Waals surface area contributed by atoms with Crippen LogP contribution >= 0.6 is 0 Å². The van der Waals surface area contributed by atoms with Gasteiger partial charge in [-0.05, 0) is 147 Å². The first-order valence-electron chi connectivity index (χ1n) is 25.4. The minimum atomic E-state index is 1.06. The molecule has 15 aromatic rings. The van der Waals surface area contributed by atoms with Crippen molar-refractivity contribution in [2.24, 2.45) is 0 Å². The third kappa shape index (κ3) is 6.69. The molecule has 13 aromatic carbocycles. The summed E-state index contributed by atoms with van der Waals surface area (Å²) >= 11 is 0. The molecule has 0 radical (unpaired) electrons. The largest absolute Gasteiger partial charge is 0.310 e. The topological polar surface area (TPSA) is 16.3 Å². The van der Waals surface area contributed by atoms with Crippen molar-refractivity contribution < 1.29 is 0 Å². The van der Waals surface area contributed by atoms with Crippen LogP contribution in [0.15, 0.2) is 279 Å². The van der Waals surface area contributed by atoms with Crippen molar-refractivity contribution in [2.45, 2.75) is 0 Å². The van der Waals surface area contributed by atoms with Crippen LogP contribution in [0.2, 0.25) is 0 Å². The Morgan fingerprint density at radius 2 is 0.635 bits per heavy atom. The van der Waals surface area contributed by atoms with E-state index in [0.29, 0.717) is 0 Å². The van der Waals surface area contributed by atoms with Crippen LogP contribution in [0.4, 0.5) is 34.1 Å². The van der Waals surface area contributed by atoms with Gasteiger partial charge in [0.25, 0.3) is 0 Å². The summed E-state index contributed by atoms with van der Waals surface area (Å²) in [5.41, 5.74) is 13.4. The van der Waals surface area contributed by atoms with Crippen LogP contribution in [0.5, 0.6) is 0 Å². The fourth-order valence-corrected chi connectivity index (χ4v) is 11.8. The fourth-order valence-electron chi connectivity index (χ4n) is 11.8. The normalized spacial score (nSPS) is 11.8. The first kappa shape index (κ1) is 41.8. The summed E-state index contributed by atoms with van der Waals surface area (Å²) in [6.07, 6.45) is 0. The molecule has 2 aromatic heterocycles. The van der Waals surface area contributed by atoms with E-state index in [2.05, 4.69) is 298 Å². The Bertz CT molecular complexity index is 4680. The monoisotopic (exact) mass is 942 g/mol. The molecule has 0 saturated heterocycles. The average molecular weight is 943 g/mol. The van der Waals surface area contributed by atoms with Gasteiger partial charge in [0.15, 0.2) is 0 Å². The zero-order valence-corrected chi connectivity index (χ0v) is 40.3. The number of hydrogen-bond donors (Lipinski definition) is 0. The highest BCUT2D eigenvalue weighted by Gasteiger charge is 2.24. The molecule has 0 aliphatic carbocycles. The highest BCUT2D eigenvalue weighted by atomic mass is 15.2. The number of fused-ring (bicyclic) bond motifs is 11. The Balaban J connectivity index is 0.971. The number of benzene rings is 13. The van der Waals surface area contributed by atoms with Crippen LogP contribution in [0.3, 0.4) is 0 Å². The van der Waals surface area contributed by atoms with Gasteiger partial charge >= 0.3 is 0 Å². The molecule has 0 saturated carbocycles. The fraction of sp³-hybridized carbons (Fsp3) is 0. The summed E-state index contributed by atoms with van der Waals surface area (Å²) in [6, 6.07) is 102. The van der Waals surface area contributed by atoms with Gasteiger partial charge in [-0.2, -0.15) is 0 Å². The molecule has 0 unspecified atom stereocenters. The highest BCUT2D eigenvalue weighted by molar-refractivity contribution is 6.18. The van der Waals surface area contributed by atoms with Gasteiger partial charge in [-0.15, -0.1) is 0 Å². The lowest BCUT2D eigenvalue weighted by Gasteiger charge is -2.31. The van der Waals surface area contributed by atoms with Crippen molar-refractivity contribution in [3.63, 3.8) is 0 Å². The minimum Gasteiger partial charge on any atom is -0.310 e. The van der Waals surface area contributed by atoms with Gasteiger partial charge in [-0.25, -0.2) is 0 Å². The van der Waals surface area contributed by atoms with E-state index in [9.17, 15) is 0 Å². The molecule has 0 amide bonds. The van der Waals surface area contributed by atoms with Crippen LogP contribution in [0, 0.1) is 0 Å². The van der Waals surface area contributed by atoms with Crippen LogP contribution < -0.4 is 9.80 Å². The van der Waals surface area contributed by atoms with Crippen molar-refractivity contribution in [3.05, 3.63) is 279 Å². The van der Waals surface area contributed by atoms with Crippen LogP contribution in [0.25, 0.3) is 98.1 Å². The standard InChI is InChI=1S/C70H46N4/c1-3-22-53(23-4-1)71(57-37-39-67-63(44-57)61-27-13-15-29-65(61)73(67)55-35-33-47-17-7-9-20-50(47)41-55)59-43-52-32-31-49-19-11-12-26-60(49)70(52)69(46-59)72(54-24-5-2-6-25-54)58-38-40-68-64(45-58)62-28-14-16-30-66(62)74(68)56-36-34-48-18-8-10-21-51(48)42-56/h1-46H. The molecular weight excluding hydrogens is 897 g/mol. The average Bonchev–Trinajstić information content (AvgIpc) is 3.99. The van der Waals surface area contributed by atoms with Gasteiger partial charge in [0, 0.05) is 66.7 Å². The van der Waals surface area contributed by atoms with Crippen molar-refractivity contribution in [3.8, 4) is 11.4 Å². The Labute approximate surface area is 428 Å². The minimum absolute atomic E-state index is 1.06. The Morgan fingerprint density at radius 3 is 1.20 bits per heavy atom. The summed E-state index contributed by atoms with van der Waals surface area (Å²) in [5.74, 6) is 0. The zero-order valence-electron chi connectivity index (χ0n) is 40.3. The third-order valence-corrected chi connectivity index (χ3v) is 15.1. The molecular formula is C70H46N4. The molecule has 2 heterocycles. The molecule has 4 nitrogen and oxygen atoms in total. The molecule has 0 atom stereocenters. The first-order valence-corrected chi connectivity index (χ1v) is 25.4. The van der Waals surface area contributed by atoms with E-state index < -0.39 is 0 Å². The predicted octanol–water partition coefficient (Wildman–Crippen LogP) is 19.4. The maximum Gasteiger partial charge on any atom is 0.0567 e. The second kappa shape index (κ2) is 16.9. The van der Waals surface area contributed by atoms with E-state index in [-0.39, 0.29) is 0 Å². The summed E-state index contributed by atoms with van der Waals surface area (Å²) in [7, 11) is 0.